The summed E-state index contributed by atoms with van der Waals surface area (Å²) in [5, 5.41) is 13.3. The van der Waals surface area contributed by atoms with Crippen molar-refractivity contribution >= 4 is 5.69 Å². The summed E-state index contributed by atoms with van der Waals surface area (Å²) in [4.78, 5) is 0. The van der Waals surface area contributed by atoms with E-state index in [1.54, 1.807) is 6.07 Å². The van der Waals surface area contributed by atoms with E-state index in [-0.39, 0.29) is 0 Å². The normalized spacial score (nSPS) is 10.4. The predicted molar refractivity (Wildman–Crippen MR) is 80.6 cm³/mol. The number of hydrogen-bond donors (Lipinski definition) is 2. The molecule has 2 rings (SSSR count). The second-order valence-corrected chi connectivity index (χ2v) is 4.64. The Morgan fingerprint density at radius 2 is 1.42 bits per heavy atom. The van der Waals surface area contributed by atoms with Crippen molar-refractivity contribution in [1.29, 1.82) is 0 Å². The molecule has 0 amide bonds. The molecule has 0 saturated heterocycles. The molecule has 2 aromatic carbocycles. The summed E-state index contributed by atoms with van der Waals surface area (Å²) in [6.45, 7) is 4.98. The summed E-state index contributed by atoms with van der Waals surface area (Å²) in [5.74, 6) is 0.349. The molecule has 100 valence electrons. The quantitative estimate of drug-likeness (QED) is 0.842. The van der Waals surface area contributed by atoms with Crippen molar-refractivity contribution in [1.82, 2.24) is 0 Å². The van der Waals surface area contributed by atoms with Crippen molar-refractivity contribution in [3.8, 4) is 5.75 Å². The second kappa shape index (κ2) is 6.28. The molecule has 2 N–H and O–H groups in total. The summed E-state index contributed by atoms with van der Waals surface area (Å²) >= 11 is 0. The SMILES string of the molecule is CCc1cccc(CC)c1NCc1ccccc1O. The van der Waals surface area contributed by atoms with Crippen LogP contribution in [0, 0.1) is 0 Å². The van der Waals surface area contributed by atoms with Crippen LogP contribution in [0.4, 0.5) is 5.69 Å². The van der Waals surface area contributed by atoms with Crippen LogP contribution in [0.25, 0.3) is 0 Å². The summed E-state index contributed by atoms with van der Waals surface area (Å²) in [7, 11) is 0. The lowest BCUT2D eigenvalue weighted by Gasteiger charge is -2.15. The largest absolute Gasteiger partial charge is 0.508 e. The first-order chi connectivity index (χ1) is 9.26. The molecule has 0 spiro atoms. The molecule has 0 aliphatic carbocycles. The Morgan fingerprint density at radius 3 is 2.00 bits per heavy atom. The van der Waals surface area contributed by atoms with Crippen molar-refractivity contribution in [3.05, 3.63) is 59.2 Å². The number of rotatable bonds is 5. The van der Waals surface area contributed by atoms with E-state index in [0.29, 0.717) is 12.3 Å². The molecule has 0 aliphatic heterocycles. The van der Waals surface area contributed by atoms with Gasteiger partial charge in [-0.15, -0.1) is 0 Å². The minimum Gasteiger partial charge on any atom is -0.508 e. The van der Waals surface area contributed by atoms with Gasteiger partial charge in [0.15, 0.2) is 0 Å². The molecule has 2 nitrogen and oxygen atoms in total. The van der Waals surface area contributed by atoms with Gasteiger partial charge in [-0.1, -0.05) is 50.2 Å². The molecule has 0 fully saturated rings. The number of benzene rings is 2. The summed E-state index contributed by atoms with van der Waals surface area (Å²) in [6.07, 6.45) is 2.02. The molecular formula is C17H21NO. The number of nitrogens with one attached hydrogen (secondary N) is 1. The predicted octanol–water partition coefficient (Wildman–Crippen LogP) is 4.13. The van der Waals surface area contributed by atoms with Gasteiger partial charge in [0.05, 0.1) is 0 Å². The topological polar surface area (TPSA) is 32.3 Å². The maximum Gasteiger partial charge on any atom is 0.120 e. The number of para-hydroxylation sites is 2. The average molecular weight is 255 g/mol. The van der Waals surface area contributed by atoms with Gasteiger partial charge in [0, 0.05) is 17.8 Å². The molecule has 0 bridgehead atoms. The van der Waals surface area contributed by atoms with Crippen LogP contribution in [-0.2, 0) is 19.4 Å². The first kappa shape index (κ1) is 13.5. The number of phenols is 1. The highest BCUT2D eigenvalue weighted by atomic mass is 16.3. The van der Waals surface area contributed by atoms with E-state index in [1.807, 2.05) is 18.2 Å². The van der Waals surface area contributed by atoms with E-state index in [0.717, 1.165) is 18.4 Å². The zero-order valence-electron chi connectivity index (χ0n) is 11.6. The third-order valence-electron chi connectivity index (χ3n) is 3.45. The van der Waals surface area contributed by atoms with Crippen molar-refractivity contribution in [2.24, 2.45) is 0 Å². The van der Waals surface area contributed by atoms with E-state index in [4.69, 9.17) is 0 Å². The zero-order chi connectivity index (χ0) is 13.7. The van der Waals surface area contributed by atoms with Crippen molar-refractivity contribution in [3.63, 3.8) is 0 Å². The van der Waals surface area contributed by atoms with Crippen LogP contribution in [-0.4, -0.2) is 5.11 Å². The van der Waals surface area contributed by atoms with E-state index >= 15 is 0 Å². The maximum atomic E-state index is 9.80. The van der Waals surface area contributed by atoms with Gasteiger partial charge in [0.2, 0.25) is 0 Å². The van der Waals surface area contributed by atoms with Gasteiger partial charge < -0.3 is 10.4 Å². The minimum absolute atomic E-state index is 0.349. The highest BCUT2D eigenvalue weighted by Crippen LogP contribution is 2.24. The van der Waals surface area contributed by atoms with Gasteiger partial charge >= 0.3 is 0 Å². The van der Waals surface area contributed by atoms with Gasteiger partial charge in [-0.05, 0) is 30.0 Å². The molecule has 0 atom stereocenters. The van der Waals surface area contributed by atoms with Crippen LogP contribution in [0.1, 0.15) is 30.5 Å². The number of aryl methyl sites for hydroxylation is 2. The molecular weight excluding hydrogens is 234 g/mol. The van der Waals surface area contributed by atoms with E-state index < -0.39 is 0 Å². The highest BCUT2D eigenvalue weighted by molar-refractivity contribution is 5.58. The zero-order valence-corrected chi connectivity index (χ0v) is 11.6. The third-order valence-corrected chi connectivity index (χ3v) is 3.45. The van der Waals surface area contributed by atoms with E-state index in [9.17, 15) is 5.11 Å². The summed E-state index contributed by atoms with van der Waals surface area (Å²) in [5.41, 5.74) is 4.80. The van der Waals surface area contributed by atoms with Crippen molar-refractivity contribution in [2.75, 3.05) is 5.32 Å². The fraction of sp³-hybridized carbons (Fsp3) is 0.294. The first-order valence-electron chi connectivity index (χ1n) is 6.87. The third kappa shape index (κ3) is 3.08. The fourth-order valence-corrected chi connectivity index (χ4v) is 2.31. The van der Waals surface area contributed by atoms with Crippen LogP contribution < -0.4 is 5.32 Å². The van der Waals surface area contributed by atoms with Gasteiger partial charge in [-0.3, -0.25) is 0 Å². The number of phenolic OH excluding ortho intramolecular Hbond substituents is 1. The summed E-state index contributed by atoms with van der Waals surface area (Å²) in [6, 6.07) is 13.9. The van der Waals surface area contributed by atoms with Crippen molar-refractivity contribution in [2.45, 2.75) is 33.2 Å². The van der Waals surface area contributed by atoms with Gasteiger partial charge in [-0.2, -0.15) is 0 Å². The molecule has 2 heteroatoms. The Kier molecular flexibility index (Phi) is 4.45. The lowest BCUT2D eigenvalue weighted by molar-refractivity contribution is 0.469. The molecule has 2 aromatic rings. The standard InChI is InChI=1S/C17H21NO/c1-3-13-9-7-10-14(4-2)17(13)18-12-15-8-5-6-11-16(15)19/h5-11,18-19H,3-4,12H2,1-2H3. The summed E-state index contributed by atoms with van der Waals surface area (Å²) < 4.78 is 0. The first-order valence-corrected chi connectivity index (χ1v) is 6.87. The average Bonchev–Trinajstić information content (AvgIpc) is 2.46. The fourth-order valence-electron chi connectivity index (χ4n) is 2.31. The molecule has 0 unspecified atom stereocenters. The second-order valence-electron chi connectivity index (χ2n) is 4.64. The monoisotopic (exact) mass is 255 g/mol. The van der Waals surface area contributed by atoms with Crippen LogP contribution in [0.2, 0.25) is 0 Å². The Balaban J connectivity index is 2.21. The van der Waals surface area contributed by atoms with Gasteiger partial charge in [-0.25, -0.2) is 0 Å². The molecule has 0 aliphatic rings. The lowest BCUT2D eigenvalue weighted by Crippen LogP contribution is -2.05. The van der Waals surface area contributed by atoms with Crippen LogP contribution in [0.3, 0.4) is 0 Å². The number of anilines is 1. The molecule has 19 heavy (non-hydrogen) atoms. The van der Waals surface area contributed by atoms with Gasteiger partial charge in [0.25, 0.3) is 0 Å². The Hall–Kier alpha value is -1.96. The Labute approximate surface area is 115 Å². The molecule has 0 aromatic heterocycles. The number of hydrogen-bond acceptors (Lipinski definition) is 2. The smallest absolute Gasteiger partial charge is 0.120 e. The van der Waals surface area contributed by atoms with Crippen LogP contribution in [0.5, 0.6) is 5.75 Å². The van der Waals surface area contributed by atoms with Crippen LogP contribution >= 0.6 is 0 Å². The maximum absolute atomic E-state index is 9.80. The molecule has 0 radical (unpaired) electrons. The lowest BCUT2D eigenvalue weighted by atomic mass is 10.0. The Bertz CT molecular complexity index is 526. The van der Waals surface area contributed by atoms with Crippen LogP contribution in [0.15, 0.2) is 42.5 Å². The number of aromatic hydroxyl groups is 1. The van der Waals surface area contributed by atoms with Crippen molar-refractivity contribution < 1.29 is 5.11 Å². The highest BCUT2D eigenvalue weighted by Gasteiger charge is 2.06. The van der Waals surface area contributed by atoms with E-state index in [2.05, 4.69) is 37.4 Å². The Morgan fingerprint density at radius 1 is 0.842 bits per heavy atom. The van der Waals surface area contributed by atoms with Gasteiger partial charge in [0.1, 0.15) is 5.75 Å². The molecule has 0 saturated carbocycles. The minimum atomic E-state index is 0.349. The van der Waals surface area contributed by atoms with E-state index in [1.165, 1.54) is 16.8 Å². The molecule has 0 heterocycles.